The number of hydrogen-bond acceptors (Lipinski definition) is 0. The van der Waals surface area contributed by atoms with Crippen molar-refractivity contribution in [2.75, 3.05) is 0 Å². The molecule has 0 N–H and O–H groups in total. The zero-order chi connectivity index (χ0) is 26.5. The number of benzene rings is 5. The largest absolute Gasteiger partial charge is 0.213 e. The quantitative estimate of drug-likeness (QED) is 0.134. The van der Waals surface area contributed by atoms with Crippen LogP contribution in [-0.4, -0.2) is 0 Å². The van der Waals surface area contributed by atoms with Crippen LogP contribution in [0.1, 0.15) is 49.9 Å². The molecule has 0 fully saturated rings. The Morgan fingerprint density at radius 1 is 0.568 bits per heavy atom. The van der Waals surface area contributed by atoms with E-state index in [1.54, 1.807) is 0 Å². The molecule has 0 spiro atoms. The number of fused-ring (bicyclic) bond motifs is 6. The van der Waals surface area contributed by atoms with Crippen LogP contribution in [0.2, 0.25) is 0 Å². The molecule has 1 heteroatoms. The minimum atomic E-state index is 0.819. The molecule has 0 aliphatic rings. The number of hydrogen-bond donors (Lipinski definition) is 0. The molecule has 186 valence electrons. The number of nitrogens with zero attached hydrogens (tertiary/aromatic N) is 1. The van der Waals surface area contributed by atoms with Crippen molar-refractivity contribution in [3.05, 3.63) is 120 Å². The molecule has 0 bridgehead atoms. The van der Waals surface area contributed by atoms with Gasteiger partial charge in [-0.15, -0.1) is 0 Å². The summed E-state index contributed by atoms with van der Waals surface area (Å²) in [6.07, 6.45) is 1.90. The van der Waals surface area contributed by atoms with E-state index in [-0.39, 0.29) is 0 Å². The van der Waals surface area contributed by atoms with E-state index in [1.165, 1.54) is 60.0 Å². The van der Waals surface area contributed by atoms with Crippen LogP contribution in [0.3, 0.4) is 0 Å². The van der Waals surface area contributed by atoms with Crippen LogP contribution in [0.5, 0.6) is 0 Å². The molecule has 0 saturated carbocycles. The predicted molar refractivity (Wildman–Crippen MR) is 164 cm³/mol. The predicted octanol–water partition coefficient (Wildman–Crippen LogP) is 9.95. The molecule has 0 unspecified atom stereocenters. The Morgan fingerprint density at radius 3 is 1.51 bits per heavy atom. The van der Waals surface area contributed by atoms with Gasteiger partial charge < -0.3 is 0 Å². The monoisotopic (exact) mass is 484 g/mol. The zero-order valence-electron chi connectivity index (χ0n) is 23.1. The molecule has 1 aromatic heterocycles. The Labute approximate surface area is 221 Å². The SMILES string of the molecule is C=Cc1ccc(C[n+]2c3ccc4cc(C)ccc4c3cc3c4ccc(C)cc4ccc32)cc1.CC.CC. The summed E-state index contributed by atoms with van der Waals surface area (Å²) in [5.74, 6) is 0. The van der Waals surface area contributed by atoms with Crippen molar-refractivity contribution in [3.63, 3.8) is 0 Å². The lowest BCUT2D eigenvalue weighted by molar-refractivity contribution is -0.635. The lowest BCUT2D eigenvalue weighted by atomic mass is 9.97. The summed E-state index contributed by atoms with van der Waals surface area (Å²) in [5.41, 5.74) is 7.54. The van der Waals surface area contributed by atoms with Crippen LogP contribution >= 0.6 is 0 Å². The first kappa shape index (κ1) is 26.1. The molecule has 0 radical (unpaired) electrons. The van der Waals surface area contributed by atoms with Gasteiger partial charge in [-0.1, -0.05) is 112 Å². The fourth-order valence-corrected chi connectivity index (χ4v) is 5.08. The van der Waals surface area contributed by atoms with E-state index in [9.17, 15) is 0 Å². The van der Waals surface area contributed by atoms with Gasteiger partial charge in [0, 0.05) is 17.7 Å². The van der Waals surface area contributed by atoms with Crippen molar-refractivity contribution in [2.24, 2.45) is 0 Å². The Hall–Kier alpha value is -3.97. The van der Waals surface area contributed by atoms with Crippen LogP contribution in [-0.2, 0) is 6.54 Å². The lowest BCUT2D eigenvalue weighted by Gasteiger charge is -2.11. The van der Waals surface area contributed by atoms with Crippen LogP contribution in [0.25, 0.3) is 49.4 Å². The minimum absolute atomic E-state index is 0.819. The van der Waals surface area contributed by atoms with Gasteiger partial charge in [0.2, 0.25) is 11.0 Å². The van der Waals surface area contributed by atoms with E-state index in [1.807, 2.05) is 33.8 Å². The van der Waals surface area contributed by atoms with E-state index in [0.717, 1.165) is 12.1 Å². The number of aromatic nitrogens is 1. The van der Waals surface area contributed by atoms with E-state index in [0.29, 0.717) is 0 Å². The molecule has 1 nitrogen and oxygen atoms in total. The summed E-state index contributed by atoms with van der Waals surface area (Å²) in [7, 11) is 0. The number of rotatable bonds is 3. The Kier molecular flexibility index (Phi) is 8.04. The Bertz CT molecular complexity index is 1610. The molecule has 0 atom stereocenters. The minimum Gasteiger partial charge on any atom is -0.187 e. The highest BCUT2D eigenvalue weighted by Gasteiger charge is 2.19. The smallest absolute Gasteiger partial charge is 0.187 e. The van der Waals surface area contributed by atoms with Gasteiger partial charge in [0.05, 0.1) is 10.8 Å². The van der Waals surface area contributed by atoms with Gasteiger partial charge in [0.25, 0.3) is 0 Å². The lowest BCUT2D eigenvalue weighted by Crippen LogP contribution is -2.36. The first-order valence-electron chi connectivity index (χ1n) is 13.5. The molecule has 6 rings (SSSR count). The third kappa shape index (κ3) is 5.00. The van der Waals surface area contributed by atoms with Crippen molar-refractivity contribution in [3.8, 4) is 0 Å². The molecular weight excluding hydrogens is 446 g/mol. The molecule has 5 aromatic carbocycles. The van der Waals surface area contributed by atoms with Crippen molar-refractivity contribution in [1.29, 1.82) is 0 Å². The van der Waals surface area contributed by atoms with Gasteiger partial charge in [0.15, 0.2) is 6.54 Å². The fourth-order valence-electron chi connectivity index (χ4n) is 5.08. The molecule has 0 saturated heterocycles. The summed E-state index contributed by atoms with van der Waals surface area (Å²) in [6.45, 7) is 17.0. The topological polar surface area (TPSA) is 3.88 Å². The zero-order valence-corrected chi connectivity index (χ0v) is 23.1. The Balaban J connectivity index is 0.000000765. The van der Waals surface area contributed by atoms with Gasteiger partial charge in [0.1, 0.15) is 0 Å². The molecule has 37 heavy (non-hydrogen) atoms. The molecule has 0 aliphatic heterocycles. The van der Waals surface area contributed by atoms with Gasteiger partial charge in [-0.3, -0.25) is 0 Å². The standard InChI is InChI=1S/C32H26N.2C2H6/c1-4-23-7-9-24(10-8-23)20-33-31-15-11-25-17-21(2)5-13-27(25)29(31)19-30-28-14-6-22(3)18-26(28)12-16-32(30)33;2*1-2/h4-19H,1,20H2,2-3H3;2*1-2H3/q+1;;. The first-order chi connectivity index (χ1) is 18.1. The third-order valence-electron chi connectivity index (χ3n) is 6.81. The van der Waals surface area contributed by atoms with Gasteiger partial charge in [-0.2, -0.15) is 4.57 Å². The van der Waals surface area contributed by atoms with E-state index < -0.39 is 0 Å². The van der Waals surface area contributed by atoms with Crippen LogP contribution in [0.4, 0.5) is 0 Å². The summed E-state index contributed by atoms with van der Waals surface area (Å²) in [4.78, 5) is 0. The second-order valence-electron chi connectivity index (χ2n) is 9.12. The van der Waals surface area contributed by atoms with Crippen molar-refractivity contribution in [1.82, 2.24) is 0 Å². The average Bonchev–Trinajstić information content (AvgIpc) is 2.95. The van der Waals surface area contributed by atoms with Crippen molar-refractivity contribution in [2.45, 2.75) is 48.1 Å². The van der Waals surface area contributed by atoms with E-state index in [2.05, 4.69) is 116 Å². The van der Waals surface area contributed by atoms with Gasteiger partial charge in [-0.25, -0.2) is 0 Å². The summed E-state index contributed by atoms with van der Waals surface area (Å²) in [6, 6.07) is 33.8. The highest BCUT2D eigenvalue weighted by molar-refractivity contribution is 6.13. The maximum Gasteiger partial charge on any atom is 0.213 e. The third-order valence-corrected chi connectivity index (χ3v) is 6.81. The fraction of sp³-hybridized carbons (Fsp3) is 0.194. The molecule has 1 heterocycles. The molecular formula is C36H38N+. The second kappa shape index (κ2) is 11.4. The van der Waals surface area contributed by atoms with E-state index in [4.69, 9.17) is 0 Å². The summed E-state index contributed by atoms with van der Waals surface area (Å²) >= 11 is 0. The highest BCUT2D eigenvalue weighted by atomic mass is 15.0. The summed E-state index contributed by atoms with van der Waals surface area (Å²) in [5, 5.41) is 7.80. The number of pyridine rings is 1. The molecule has 6 aromatic rings. The average molecular weight is 485 g/mol. The maximum absolute atomic E-state index is 3.89. The summed E-state index contributed by atoms with van der Waals surface area (Å²) < 4.78 is 2.48. The number of aryl methyl sites for hydroxylation is 2. The second-order valence-corrected chi connectivity index (χ2v) is 9.12. The highest BCUT2D eigenvalue weighted by Crippen LogP contribution is 2.31. The first-order valence-corrected chi connectivity index (χ1v) is 13.5. The molecule has 0 aliphatic carbocycles. The van der Waals surface area contributed by atoms with E-state index >= 15 is 0 Å². The van der Waals surface area contributed by atoms with Crippen molar-refractivity contribution >= 4 is 49.4 Å². The Morgan fingerprint density at radius 2 is 1.05 bits per heavy atom. The van der Waals surface area contributed by atoms with Crippen LogP contribution in [0.15, 0.2) is 97.6 Å². The van der Waals surface area contributed by atoms with Gasteiger partial charge in [-0.05, 0) is 59.2 Å². The van der Waals surface area contributed by atoms with Crippen LogP contribution in [0, 0.1) is 13.8 Å². The normalized spacial score (nSPS) is 10.6. The molecule has 0 amide bonds. The van der Waals surface area contributed by atoms with Crippen LogP contribution < -0.4 is 4.57 Å². The van der Waals surface area contributed by atoms with Crippen molar-refractivity contribution < 1.29 is 4.57 Å². The maximum atomic E-state index is 3.89. The van der Waals surface area contributed by atoms with Gasteiger partial charge >= 0.3 is 0 Å².